The Hall–Kier alpha value is -1.61. The molecular formula is C17H31N3O5S. The minimum absolute atomic E-state index is 0.0719. The third-order valence-corrected chi connectivity index (χ3v) is 3.48. The summed E-state index contributed by atoms with van der Waals surface area (Å²) in [7, 11) is 0. The van der Waals surface area contributed by atoms with Crippen LogP contribution in [0.1, 0.15) is 33.1 Å². The number of hydrogen-bond donors (Lipinski definition) is 2. The molecule has 0 aromatic heterocycles. The van der Waals surface area contributed by atoms with E-state index in [1.54, 1.807) is 18.7 Å². The molecule has 9 heteroatoms. The van der Waals surface area contributed by atoms with Gasteiger partial charge in [0, 0.05) is 51.4 Å². The monoisotopic (exact) mass is 389 g/mol. The number of thioether (sulfide) groups is 1. The van der Waals surface area contributed by atoms with Crippen molar-refractivity contribution in [1.29, 1.82) is 0 Å². The third kappa shape index (κ3) is 10.4. The van der Waals surface area contributed by atoms with Crippen LogP contribution in [0.4, 0.5) is 0 Å². The second-order valence-electron chi connectivity index (χ2n) is 5.79. The van der Waals surface area contributed by atoms with Crippen LogP contribution >= 0.6 is 11.8 Å². The van der Waals surface area contributed by atoms with Crippen LogP contribution < -0.4 is 10.6 Å². The van der Waals surface area contributed by atoms with Crippen molar-refractivity contribution in [1.82, 2.24) is 15.5 Å². The number of carbonyl (C=O) groups is 4. The van der Waals surface area contributed by atoms with Crippen molar-refractivity contribution in [2.24, 2.45) is 5.92 Å². The SMILES string of the molecule is CCOCCC(=O)NCCNC(=O)CCN1C(=O)CC(C)C1=O.CSC. The zero-order valence-electron chi connectivity index (χ0n) is 16.1. The van der Waals surface area contributed by atoms with Crippen LogP contribution in [0.3, 0.4) is 0 Å². The summed E-state index contributed by atoms with van der Waals surface area (Å²) < 4.78 is 5.06. The van der Waals surface area contributed by atoms with E-state index in [1.807, 2.05) is 19.4 Å². The number of amides is 4. The number of rotatable bonds is 10. The molecule has 8 nitrogen and oxygen atoms in total. The van der Waals surface area contributed by atoms with Gasteiger partial charge in [0.05, 0.1) is 6.61 Å². The van der Waals surface area contributed by atoms with E-state index in [0.29, 0.717) is 32.7 Å². The van der Waals surface area contributed by atoms with Crippen LogP contribution in [0, 0.1) is 5.92 Å². The minimum atomic E-state index is -0.294. The summed E-state index contributed by atoms with van der Waals surface area (Å²) in [6, 6.07) is 0. The van der Waals surface area contributed by atoms with Gasteiger partial charge in [-0.1, -0.05) is 6.92 Å². The van der Waals surface area contributed by atoms with Crippen LogP contribution in [-0.2, 0) is 23.9 Å². The quantitative estimate of drug-likeness (QED) is 0.414. The highest BCUT2D eigenvalue weighted by molar-refractivity contribution is 7.97. The van der Waals surface area contributed by atoms with Gasteiger partial charge < -0.3 is 15.4 Å². The molecule has 0 spiro atoms. The van der Waals surface area contributed by atoms with Gasteiger partial charge in [-0.15, -0.1) is 0 Å². The first kappa shape index (κ1) is 24.4. The lowest BCUT2D eigenvalue weighted by atomic mass is 10.1. The molecule has 26 heavy (non-hydrogen) atoms. The predicted molar refractivity (Wildman–Crippen MR) is 102 cm³/mol. The van der Waals surface area contributed by atoms with Crippen molar-refractivity contribution >= 4 is 35.4 Å². The Morgan fingerprint density at radius 1 is 1.15 bits per heavy atom. The highest BCUT2D eigenvalue weighted by atomic mass is 32.2. The zero-order valence-corrected chi connectivity index (χ0v) is 16.9. The standard InChI is InChI=1S/C15H25N3O5.C2H6S/c1-3-23-9-5-13(20)17-7-6-16-12(19)4-8-18-14(21)10-11(2)15(18)22;1-3-2/h11H,3-10H2,1-2H3,(H,16,19)(H,17,20);1-2H3. The molecule has 1 heterocycles. The van der Waals surface area contributed by atoms with Crippen molar-refractivity contribution in [3.63, 3.8) is 0 Å². The first-order valence-electron chi connectivity index (χ1n) is 8.72. The Morgan fingerprint density at radius 3 is 2.15 bits per heavy atom. The van der Waals surface area contributed by atoms with E-state index in [9.17, 15) is 19.2 Å². The van der Waals surface area contributed by atoms with Gasteiger partial charge in [0.1, 0.15) is 0 Å². The summed E-state index contributed by atoms with van der Waals surface area (Å²) in [5, 5.41) is 5.30. The topological polar surface area (TPSA) is 105 Å². The molecule has 1 atom stereocenters. The maximum absolute atomic E-state index is 11.7. The van der Waals surface area contributed by atoms with E-state index in [0.717, 1.165) is 4.90 Å². The largest absolute Gasteiger partial charge is 0.381 e. The lowest BCUT2D eigenvalue weighted by Gasteiger charge is -2.14. The van der Waals surface area contributed by atoms with E-state index in [-0.39, 0.29) is 48.9 Å². The lowest BCUT2D eigenvalue weighted by molar-refractivity contribution is -0.139. The number of ether oxygens (including phenoxy) is 1. The molecule has 0 saturated carbocycles. The number of likely N-dealkylation sites (tertiary alicyclic amines) is 1. The van der Waals surface area contributed by atoms with Crippen LogP contribution in [-0.4, -0.2) is 73.9 Å². The van der Waals surface area contributed by atoms with Gasteiger partial charge in [0.25, 0.3) is 0 Å². The fourth-order valence-electron chi connectivity index (χ4n) is 2.19. The van der Waals surface area contributed by atoms with Gasteiger partial charge in [-0.2, -0.15) is 11.8 Å². The Bertz CT molecular complexity index is 473. The number of carbonyl (C=O) groups excluding carboxylic acids is 4. The summed E-state index contributed by atoms with van der Waals surface area (Å²) >= 11 is 1.75. The highest BCUT2D eigenvalue weighted by Crippen LogP contribution is 2.18. The maximum atomic E-state index is 11.7. The Labute approximate surface area is 159 Å². The Morgan fingerprint density at radius 2 is 1.69 bits per heavy atom. The maximum Gasteiger partial charge on any atom is 0.232 e. The molecule has 1 rings (SSSR count). The van der Waals surface area contributed by atoms with E-state index in [4.69, 9.17) is 4.74 Å². The van der Waals surface area contributed by atoms with Crippen LogP contribution in [0.25, 0.3) is 0 Å². The number of nitrogens with one attached hydrogen (secondary N) is 2. The van der Waals surface area contributed by atoms with E-state index in [2.05, 4.69) is 10.6 Å². The molecule has 150 valence electrons. The summed E-state index contributed by atoms with van der Waals surface area (Å²) in [4.78, 5) is 47.4. The highest BCUT2D eigenvalue weighted by Gasteiger charge is 2.35. The van der Waals surface area contributed by atoms with Crippen LogP contribution in [0.2, 0.25) is 0 Å². The third-order valence-electron chi connectivity index (χ3n) is 3.48. The van der Waals surface area contributed by atoms with E-state index < -0.39 is 0 Å². The fraction of sp³-hybridized carbons (Fsp3) is 0.765. The number of nitrogens with zero attached hydrogens (tertiary/aromatic N) is 1. The van der Waals surface area contributed by atoms with E-state index >= 15 is 0 Å². The van der Waals surface area contributed by atoms with Crippen molar-refractivity contribution < 1.29 is 23.9 Å². The lowest BCUT2D eigenvalue weighted by Crippen LogP contribution is -2.38. The van der Waals surface area contributed by atoms with Crippen molar-refractivity contribution in [2.75, 3.05) is 45.4 Å². The summed E-state index contributed by atoms with van der Waals surface area (Å²) in [5.41, 5.74) is 0. The first-order chi connectivity index (χ1) is 12.4. The van der Waals surface area contributed by atoms with Crippen LogP contribution in [0.5, 0.6) is 0 Å². The number of hydrogen-bond acceptors (Lipinski definition) is 6. The molecule has 0 radical (unpaired) electrons. The predicted octanol–water partition coefficient (Wildman–Crippen LogP) is 0.410. The second-order valence-corrected chi connectivity index (χ2v) is 6.61. The van der Waals surface area contributed by atoms with Crippen molar-refractivity contribution in [3.8, 4) is 0 Å². The molecule has 0 bridgehead atoms. The molecule has 4 amide bonds. The smallest absolute Gasteiger partial charge is 0.232 e. The second kappa shape index (κ2) is 14.5. The summed E-state index contributed by atoms with van der Waals surface area (Å²) in [6.07, 6.45) is 4.66. The molecule has 0 aliphatic carbocycles. The molecule has 1 unspecified atom stereocenters. The van der Waals surface area contributed by atoms with Gasteiger partial charge in [-0.3, -0.25) is 24.1 Å². The van der Waals surface area contributed by atoms with Gasteiger partial charge >= 0.3 is 0 Å². The average Bonchev–Trinajstić information content (AvgIpc) is 2.83. The molecular weight excluding hydrogens is 358 g/mol. The van der Waals surface area contributed by atoms with Crippen molar-refractivity contribution in [3.05, 3.63) is 0 Å². The van der Waals surface area contributed by atoms with Crippen molar-refractivity contribution in [2.45, 2.75) is 33.1 Å². The minimum Gasteiger partial charge on any atom is -0.381 e. The fourth-order valence-corrected chi connectivity index (χ4v) is 2.19. The summed E-state index contributed by atoms with van der Waals surface area (Å²) in [5.74, 6) is -1.12. The molecule has 1 aliphatic rings. The average molecular weight is 390 g/mol. The van der Waals surface area contributed by atoms with Gasteiger partial charge in [0.15, 0.2) is 0 Å². The molecule has 1 aliphatic heterocycles. The van der Waals surface area contributed by atoms with E-state index in [1.165, 1.54) is 0 Å². The molecule has 0 aromatic carbocycles. The molecule has 1 saturated heterocycles. The molecule has 2 N–H and O–H groups in total. The number of imide groups is 1. The first-order valence-corrected chi connectivity index (χ1v) is 10.4. The Kier molecular flexibility index (Phi) is 13.6. The van der Waals surface area contributed by atoms with Crippen LogP contribution in [0.15, 0.2) is 0 Å². The van der Waals surface area contributed by atoms with Gasteiger partial charge in [0.2, 0.25) is 23.6 Å². The summed E-state index contributed by atoms with van der Waals surface area (Å²) in [6.45, 7) is 5.25. The van der Waals surface area contributed by atoms with Gasteiger partial charge in [-0.05, 0) is 19.4 Å². The molecule has 0 aromatic rings. The normalized spacial score (nSPS) is 16.2. The Balaban J connectivity index is 0.00000194. The van der Waals surface area contributed by atoms with Gasteiger partial charge in [-0.25, -0.2) is 0 Å². The molecule has 1 fully saturated rings. The zero-order chi connectivity index (χ0) is 19.9.